The van der Waals surface area contributed by atoms with E-state index in [1.165, 1.54) is 5.56 Å². The third-order valence-electron chi connectivity index (χ3n) is 5.80. The summed E-state index contributed by atoms with van der Waals surface area (Å²) in [5, 5.41) is 1.33. The summed E-state index contributed by atoms with van der Waals surface area (Å²) in [7, 11) is 1.61. The molecular formula is C26H26Cl2N2O3. The molecule has 0 saturated carbocycles. The molecule has 0 aromatic heterocycles. The zero-order chi connectivity index (χ0) is 23.4. The lowest BCUT2D eigenvalue weighted by Crippen LogP contribution is -2.49. The highest BCUT2D eigenvalue weighted by atomic mass is 35.5. The topological polar surface area (TPSA) is 42.0 Å². The minimum Gasteiger partial charge on any atom is -0.496 e. The molecule has 1 fully saturated rings. The number of amides is 1. The summed E-state index contributed by atoms with van der Waals surface area (Å²) in [5.74, 6) is 1.34. The van der Waals surface area contributed by atoms with E-state index in [9.17, 15) is 4.79 Å². The van der Waals surface area contributed by atoms with Crippen molar-refractivity contribution >= 4 is 34.8 Å². The van der Waals surface area contributed by atoms with Crippen LogP contribution < -0.4 is 14.4 Å². The van der Waals surface area contributed by atoms with Gasteiger partial charge in [0.15, 0.2) is 0 Å². The van der Waals surface area contributed by atoms with E-state index in [0.29, 0.717) is 35.2 Å². The Labute approximate surface area is 204 Å². The van der Waals surface area contributed by atoms with Gasteiger partial charge in [0, 0.05) is 53.0 Å². The summed E-state index contributed by atoms with van der Waals surface area (Å²) in [5.41, 5.74) is 3.72. The monoisotopic (exact) mass is 484 g/mol. The highest BCUT2D eigenvalue weighted by Gasteiger charge is 2.24. The van der Waals surface area contributed by atoms with Crippen molar-refractivity contribution in [2.24, 2.45) is 0 Å². The summed E-state index contributed by atoms with van der Waals surface area (Å²) in [6, 6.07) is 18.6. The van der Waals surface area contributed by atoms with Gasteiger partial charge in [-0.1, -0.05) is 35.3 Å². The first-order valence-corrected chi connectivity index (χ1v) is 11.6. The van der Waals surface area contributed by atoms with E-state index in [1.807, 2.05) is 47.4 Å². The molecular weight excluding hydrogens is 459 g/mol. The lowest BCUT2D eigenvalue weighted by Gasteiger charge is -2.37. The lowest BCUT2D eigenvalue weighted by molar-refractivity contribution is 0.0746. The van der Waals surface area contributed by atoms with Gasteiger partial charge in [0.05, 0.1) is 7.11 Å². The fourth-order valence-corrected chi connectivity index (χ4v) is 4.35. The molecule has 0 N–H and O–H groups in total. The lowest BCUT2D eigenvalue weighted by atomic mass is 10.1. The highest BCUT2D eigenvalue weighted by Crippen LogP contribution is 2.27. The van der Waals surface area contributed by atoms with E-state index in [2.05, 4.69) is 11.8 Å². The number of rotatable bonds is 6. The van der Waals surface area contributed by atoms with Crippen molar-refractivity contribution in [2.45, 2.75) is 13.5 Å². The van der Waals surface area contributed by atoms with Crippen LogP contribution in [0.1, 0.15) is 21.5 Å². The van der Waals surface area contributed by atoms with Crippen molar-refractivity contribution in [1.29, 1.82) is 0 Å². The number of hydrogen-bond donors (Lipinski definition) is 0. The predicted molar refractivity (Wildman–Crippen MR) is 133 cm³/mol. The first-order valence-electron chi connectivity index (χ1n) is 10.8. The molecule has 1 saturated heterocycles. The molecule has 7 heteroatoms. The maximum atomic E-state index is 13.2. The molecule has 0 bridgehead atoms. The number of piperazine rings is 1. The van der Waals surface area contributed by atoms with E-state index >= 15 is 0 Å². The van der Waals surface area contributed by atoms with Crippen molar-refractivity contribution in [3.8, 4) is 11.5 Å². The molecule has 0 radical (unpaired) electrons. The number of aryl methyl sites for hydroxylation is 1. The molecule has 0 aliphatic carbocycles. The van der Waals surface area contributed by atoms with Crippen LogP contribution in [-0.2, 0) is 6.61 Å². The normalized spacial score (nSPS) is 13.7. The van der Waals surface area contributed by atoms with Crippen LogP contribution in [0.3, 0.4) is 0 Å². The van der Waals surface area contributed by atoms with Crippen molar-refractivity contribution in [2.75, 3.05) is 38.2 Å². The quantitative estimate of drug-likeness (QED) is 0.439. The largest absolute Gasteiger partial charge is 0.496 e. The average Bonchev–Trinajstić information content (AvgIpc) is 2.84. The smallest absolute Gasteiger partial charge is 0.253 e. The summed E-state index contributed by atoms with van der Waals surface area (Å²) in [6.45, 7) is 5.15. The first-order chi connectivity index (χ1) is 15.9. The number of carbonyl (C=O) groups is 1. The molecule has 0 spiro atoms. The minimum atomic E-state index is 0.00382. The van der Waals surface area contributed by atoms with Crippen LogP contribution in [0.25, 0.3) is 0 Å². The number of benzene rings is 3. The van der Waals surface area contributed by atoms with Gasteiger partial charge < -0.3 is 19.3 Å². The molecule has 3 aromatic carbocycles. The van der Waals surface area contributed by atoms with Crippen molar-refractivity contribution in [3.63, 3.8) is 0 Å². The van der Waals surface area contributed by atoms with E-state index in [-0.39, 0.29) is 12.5 Å². The fraction of sp³-hybridized carbons (Fsp3) is 0.269. The van der Waals surface area contributed by atoms with Crippen LogP contribution in [-0.4, -0.2) is 44.1 Å². The third-order valence-corrected chi connectivity index (χ3v) is 6.27. The number of methoxy groups -OCH3 is 1. The molecule has 0 unspecified atom stereocenters. The Morgan fingerprint density at radius 2 is 1.70 bits per heavy atom. The van der Waals surface area contributed by atoms with Gasteiger partial charge in [-0.15, -0.1) is 0 Å². The molecule has 1 aliphatic heterocycles. The zero-order valence-electron chi connectivity index (χ0n) is 18.7. The fourth-order valence-electron chi connectivity index (χ4n) is 4.00. The Morgan fingerprint density at radius 1 is 0.939 bits per heavy atom. The van der Waals surface area contributed by atoms with Gasteiger partial charge in [0.2, 0.25) is 0 Å². The van der Waals surface area contributed by atoms with Gasteiger partial charge >= 0.3 is 0 Å². The molecule has 1 amide bonds. The second-order valence-corrected chi connectivity index (χ2v) is 8.86. The first kappa shape index (κ1) is 23.3. The van der Waals surface area contributed by atoms with Crippen LogP contribution in [0.4, 0.5) is 5.69 Å². The maximum absolute atomic E-state index is 13.2. The molecule has 1 aliphatic rings. The summed E-state index contributed by atoms with van der Waals surface area (Å²) in [6.07, 6.45) is 0. The predicted octanol–water partition coefficient (Wildman–Crippen LogP) is 5.85. The van der Waals surface area contributed by atoms with Crippen LogP contribution >= 0.6 is 23.2 Å². The van der Waals surface area contributed by atoms with Crippen LogP contribution in [0.2, 0.25) is 10.0 Å². The van der Waals surface area contributed by atoms with Gasteiger partial charge in [-0.3, -0.25) is 4.79 Å². The van der Waals surface area contributed by atoms with Gasteiger partial charge in [0.25, 0.3) is 5.91 Å². The number of hydrogen-bond acceptors (Lipinski definition) is 4. The standard InChI is InChI=1S/C26H26Cl2N2O3/c1-18-6-8-22(28)16-24(18)29-10-12-30(13-11-29)26(31)19-7-9-25(32-2)20(14-19)17-33-23-5-3-4-21(27)15-23/h3-9,14-16H,10-13,17H2,1-2H3. The maximum Gasteiger partial charge on any atom is 0.253 e. The third kappa shape index (κ3) is 5.55. The van der Waals surface area contributed by atoms with Crippen molar-refractivity contribution in [3.05, 3.63) is 87.4 Å². The minimum absolute atomic E-state index is 0.00382. The molecule has 0 atom stereocenters. The Bertz CT molecular complexity index is 1140. The second-order valence-electron chi connectivity index (χ2n) is 7.98. The number of halogens is 2. The Hall–Kier alpha value is -2.89. The summed E-state index contributed by atoms with van der Waals surface area (Å²) < 4.78 is 11.3. The number of carbonyl (C=O) groups excluding carboxylic acids is 1. The number of anilines is 1. The van der Waals surface area contributed by atoms with Crippen LogP contribution in [0.15, 0.2) is 60.7 Å². The van der Waals surface area contributed by atoms with E-state index in [0.717, 1.165) is 29.4 Å². The average molecular weight is 485 g/mol. The van der Waals surface area contributed by atoms with Crippen molar-refractivity contribution in [1.82, 2.24) is 4.90 Å². The highest BCUT2D eigenvalue weighted by molar-refractivity contribution is 6.31. The van der Waals surface area contributed by atoms with Gasteiger partial charge in [0.1, 0.15) is 18.1 Å². The molecule has 4 rings (SSSR count). The van der Waals surface area contributed by atoms with Crippen LogP contribution in [0.5, 0.6) is 11.5 Å². The van der Waals surface area contributed by atoms with E-state index < -0.39 is 0 Å². The zero-order valence-corrected chi connectivity index (χ0v) is 20.2. The van der Waals surface area contributed by atoms with E-state index in [1.54, 1.807) is 25.3 Å². The molecule has 1 heterocycles. The van der Waals surface area contributed by atoms with Crippen LogP contribution in [0, 0.1) is 6.92 Å². The number of ether oxygens (including phenoxy) is 2. The Morgan fingerprint density at radius 3 is 2.42 bits per heavy atom. The molecule has 33 heavy (non-hydrogen) atoms. The summed E-state index contributed by atoms with van der Waals surface area (Å²) in [4.78, 5) is 17.4. The molecule has 172 valence electrons. The SMILES string of the molecule is COc1ccc(C(=O)N2CCN(c3cc(Cl)ccc3C)CC2)cc1COc1cccc(Cl)c1. The molecule has 5 nitrogen and oxygen atoms in total. The number of nitrogens with zero attached hydrogens (tertiary/aromatic N) is 2. The Kier molecular flexibility index (Phi) is 7.31. The van der Waals surface area contributed by atoms with Gasteiger partial charge in [-0.25, -0.2) is 0 Å². The van der Waals surface area contributed by atoms with Crippen molar-refractivity contribution < 1.29 is 14.3 Å². The molecule has 3 aromatic rings. The van der Waals surface area contributed by atoms with E-state index in [4.69, 9.17) is 32.7 Å². The van der Waals surface area contributed by atoms with Gasteiger partial charge in [-0.05, 0) is 61.0 Å². The Balaban J connectivity index is 1.44. The summed E-state index contributed by atoms with van der Waals surface area (Å²) >= 11 is 12.2. The second kappa shape index (κ2) is 10.4. The van der Waals surface area contributed by atoms with Gasteiger partial charge in [-0.2, -0.15) is 0 Å².